The predicted octanol–water partition coefficient (Wildman–Crippen LogP) is 3.78. The lowest BCUT2D eigenvalue weighted by Crippen LogP contribution is -2.20. The highest BCUT2D eigenvalue weighted by molar-refractivity contribution is 9.10. The lowest BCUT2D eigenvalue weighted by Gasteiger charge is -2.19. The molecule has 0 radical (unpaired) electrons. The molecule has 1 aromatic carbocycles. The van der Waals surface area contributed by atoms with Crippen molar-refractivity contribution in [1.29, 1.82) is 0 Å². The van der Waals surface area contributed by atoms with Gasteiger partial charge in [-0.15, -0.1) is 0 Å². The van der Waals surface area contributed by atoms with E-state index in [-0.39, 0.29) is 0 Å². The second kappa shape index (κ2) is 3.91. The Morgan fingerprint density at radius 3 is 2.87 bits per heavy atom. The van der Waals surface area contributed by atoms with Gasteiger partial charge in [-0.1, -0.05) is 42.8 Å². The first-order valence-corrected chi connectivity index (χ1v) is 6.37. The molecule has 1 aliphatic rings. The molecule has 0 saturated carbocycles. The molecule has 1 aliphatic carbocycles. The van der Waals surface area contributed by atoms with Crippen molar-refractivity contribution in [3.8, 4) is 0 Å². The maximum absolute atomic E-state index is 3.56. The van der Waals surface area contributed by atoms with Crippen LogP contribution in [0, 0.1) is 0 Å². The van der Waals surface area contributed by atoms with E-state index in [1.807, 2.05) is 0 Å². The SMILES string of the molecule is CCNC1CC(C)(C)c2ccc(Br)cc21. The summed E-state index contributed by atoms with van der Waals surface area (Å²) in [6, 6.07) is 7.20. The molecule has 0 fully saturated rings. The van der Waals surface area contributed by atoms with Gasteiger partial charge in [0.05, 0.1) is 0 Å². The van der Waals surface area contributed by atoms with Gasteiger partial charge < -0.3 is 5.32 Å². The third-order valence-electron chi connectivity index (χ3n) is 3.28. The van der Waals surface area contributed by atoms with Crippen LogP contribution < -0.4 is 5.32 Å². The number of halogens is 1. The summed E-state index contributed by atoms with van der Waals surface area (Å²) in [5, 5.41) is 3.56. The van der Waals surface area contributed by atoms with Crippen molar-refractivity contribution in [2.45, 2.75) is 38.6 Å². The fourth-order valence-corrected chi connectivity index (χ4v) is 2.98. The standard InChI is InChI=1S/C13H18BrN/c1-4-15-12-8-13(2,3)11-6-5-9(14)7-10(11)12/h5-7,12,15H,4,8H2,1-3H3. The Kier molecular flexibility index (Phi) is 2.91. The summed E-state index contributed by atoms with van der Waals surface area (Å²) in [5.74, 6) is 0. The monoisotopic (exact) mass is 267 g/mol. The minimum absolute atomic E-state index is 0.308. The van der Waals surface area contributed by atoms with Crippen LogP contribution in [-0.2, 0) is 5.41 Å². The number of rotatable bonds is 2. The van der Waals surface area contributed by atoms with E-state index in [0.29, 0.717) is 11.5 Å². The third-order valence-corrected chi connectivity index (χ3v) is 3.78. The molecule has 0 amide bonds. The molecule has 0 bridgehead atoms. The fourth-order valence-electron chi connectivity index (χ4n) is 2.60. The Morgan fingerprint density at radius 1 is 1.47 bits per heavy atom. The maximum atomic E-state index is 3.56. The van der Waals surface area contributed by atoms with E-state index in [1.165, 1.54) is 22.0 Å². The highest BCUT2D eigenvalue weighted by Gasteiger charge is 2.36. The molecule has 1 N–H and O–H groups in total. The molecule has 1 unspecified atom stereocenters. The summed E-state index contributed by atoms with van der Waals surface area (Å²) in [6.45, 7) is 7.86. The van der Waals surface area contributed by atoms with E-state index in [1.54, 1.807) is 0 Å². The molecule has 0 heterocycles. The average Bonchev–Trinajstić information content (AvgIpc) is 2.39. The second-order valence-corrected chi connectivity index (χ2v) is 5.85. The van der Waals surface area contributed by atoms with Crippen molar-refractivity contribution in [2.75, 3.05) is 6.54 Å². The first-order chi connectivity index (χ1) is 7.04. The average molecular weight is 268 g/mol. The Balaban J connectivity index is 2.44. The van der Waals surface area contributed by atoms with Gasteiger partial charge in [0.15, 0.2) is 0 Å². The molecule has 15 heavy (non-hydrogen) atoms. The molecule has 82 valence electrons. The molecule has 1 atom stereocenters. The fraction of sp³-hybridized carbons (Fsp3) is 0.538. The molecule has 0 aliphatic heterocycles. The van der Waals surface area contributed by atoms with Crippen LogP contribution >= 0.6 is 15.9 Å². The van der Waals surface area contributed by atoms with E-state index < -0.39 is 0 Å². The van der Waals surface area contributed by atoms with Gasteiger partial charge >= 0.3 is 0 Å². The van der Waals surface area contributed by atoms with Crippen molar-refractivity contribution in [3.05, 3.63) is 33.8 Å². The summed E-state index contributed by atoms with van der Waals surface area (Å²) in [6.07, 6.45) is 1.20. The van der Waals surface area contributed by atoms with Crippen LogP contribution in [0.4, 0.5) is 0 Å². The quantitative estimate of drug-likeness (QED) is 0.860. The van der Waals surface area contributed by atoms with E-state index in [2.05, 4.69) is 60.2 Å². The van der Waals surface area contributed by atoms with Gasteiger partial charge in [0.1, 0.15) is 0 Å². The van der Waals surface area contributed by atoms with E-state index in [0.717, 1.165) is 6.54 Å². The molecule has 2 heteroatoms. The Bertz CT molecular complexity index is 371. The van der Waals surface area contributed by atoms with Crippen molar-refractivity contribution >= 4 is 15.9 Å². The zero-order chi connectivity index (χ0) is 11.1. The number of benzene rings is 1. The normalized spacial score (nSPS) is 22.8. The van der Waals surface area contributed by atoms with Gasteiger partial charge in [0.25, 0.3) is 0 Å². The zero-order valence-electron chi connectivity index (χ0n) is 9.60. The lowest BCUT2D eigenvalue weighted by atomic mass is 9.86. The van der Waals surface area contributed by atoms with Gasteiger partial charge in [-0.05, 0) is 41.6 Å². The minimum Gasteiger partial charge on any atom is -0.310 e. The highest BCUT2D eigenvalue weighted by Crippen LogP contribution is 2.45. The van der Waals surface area contributed by atoms with Gasteiger partial charge in [-0.25, -0.2) is 0 Å². The van der Waals surface area contributed by atoms with Crippen molar-refractivity contribution < 1.29 is 0 Å². The van der Waals surface area contributed by atoms with Crippen molar-refractivity contribution in [3.63, 3.8) is 0 Å². The van der Waals surface area contributed by atoms with Gasteiger partial charge in [-0.3, -0.25) is 0 Å². The van der Waals surface area contributed by atoms with Crippen LogP contribution in [0.2, 0.25) is 0 Å². The van der Waals surface area contributed by atoms with E-state index in [4.69, 9.17) is 0 Å². The molecule has 2 rings (SSSR count). The number of nitrogens with one attached hydrogen (secondary N) is 1. The summed E-state index contributed by atoms with van der Waals surface area (Å²) in [7, 11) is 0. The first kappa shape index (κ1) is 11.2. The predicted molar refractivity (Wildman–Crippen MR) is 68.2 cm³/mol. The van der Waals surface area contributed by atoms with Gasteiger partial charge in [-0.2, -0.15) is 0 Å². The number of hydrogen-bond acceptors (Lipinski definition) is 1. The third kappa shape index (κ3) is 1.98. The summed E-state index contributed by atoms with van der Waals surface area (Å²) in [4.78, 5) is 0. The molecular formula is C13H18BrN. The van der Waals surface area contributed by atoms with E-state index >= 15 is 0 Å². The number of hydrogen-bond donors (Lipinski definition) is 1. The van der Waals surface area contributed by atoms with Crippen LogP contribution in [-0.4, -0.2) is 6.54 Å². The highest BCUT2D eigenvalue weighted by atomic mass is 79.9. The van der Waals surface area contributed by atoms with E-state index in [9.17, 15) is 0 Å². The second-order valence-electron chi connectivity index (χ2n) is 4.93. The van der Waals surface area contributed by atoms with Crippen LogP contribution in [0.1, 0.15) is 44.4 Å². The molecule has 1 aromatic rings. The molecule has 0 aromatic heterocycles. The van der Waals surface area contributed by atoms with Crippen LogP contribution in [0.3, 0.4) is 0 Å². The van der Waals surface area contributed by atoms with Crippen LogP contribution in [0.25, 0.3) is 0 Å². The lowest BCUT2D eigenvalue weighted by molar-refractivity contribution is 0.434. The summed E-state index contributed by atoms with van der Waals surface area (Å²) < 4.78 is 1.18. The Labute approximate surface area is 100 Å². The van der Waals surface area contributed by atoms with Crippen LogP contribution in [0.15, 0.2) is 22.7 Å². The zero-order valence-corrected chi connectivity index (χ0v) is 11.2. The Hall–Kier alpha value is -0.340. The first-order valence-electron chi connectivity index (χ1n) is 5.58. The van der Waals surface area contributed by atoms with Gasteiger partial charge in [0, 0.05) is 10.5 Å². The molecule has 1 nitrogen and oxygen atoms in total. The number of fused-ring (bicyclic) bond motifs is 1. The van der Waals surface area contributed by atoms with Crippen LogP contribution in [0.5, 0.6) is 0 Å². The maximum Gasteiger partial charge on any atom is 0.0331 e. The Morgan fingerprint density at radius 2 is 2.20 bits per heavy atom. The van der Waals surface area contributed by atoms with Crippen molar-refractivity contribution in [2.24, 2.45) is 0 Å². The smallest absolute Gasteiger partial charge is 0.0331 e. The largest absolute Gasteiger partial charge is 0.310 e. The molecule has 0 spiro atoms. The molecule has 0 saturated heterocycles. The summed E-state index contributed by atoms with van der Waals surface area (Å²) >= 11 is 3.55. The van der Waals surface area contributed by atoms with Gasteiger partial charge in [0.2, 0.25) is 0 Å². The minimum atomic E-state index is 0.308. The van der Waals surface area contributed by atoms with Crippen molar-refractivity contribution in [1.82, 2.24) is 5.32 Å². The molecular weight excluding hydrogens is 250 g/mol. The summed E-state index contributed by atoms with van der Waals surface area (Å²) in [5.41, 5.74) is 3.27. The topological polar surface area (TPSA) is 12.0 Å².